The first-order chi connectivity index (χ1) is 4.87. The Hall–Kier alpha value is 0.310. The second-order valence-electron chi connectivity index (χ2n) is 3.56. The van der Waals surface area contributed by atoms with Crippen LogP contribution in [0, 0.1) is 11.3 Å². The first-order valence-corrected chi connectivity index (χ1v) is 5.21. The highest BCUT2D eigenvalue weighted by atomic mass is 32.2. The van der Waals surface area contributed by atoms with Crippen molar-refractivity contribution in [1.82, 2.24) is 0 Å². The quantitative estimate of drug-likeness (QED) is 0.624. The second-order valence-corrected chi connectivity index (χ2v) is 4.78. The monoisotopic (exact) mass is 158 g/mol. The molecular weight excluding hydrogens is 144 g/mol. The SMILES string of the molecule is OCC1CC12CCSCC2. The summed E-state index contributed by atoms with van der Waals surface area (Å²) in [7, 11) is 0. The zero-order valence-corrected chi connectivity index (χ0v) is 6.99. The summed E-state index contributed by atoms with van der Waals surface area (Å²) in [4.78, 5) is 0. The predicted octanol–water partition coefficient (Wildman–Crippen LogP) is 1.51. The van der Waals surface area contributed by atoms with Crippen LogP contribution in [0.5, 0.6) is 0 Å². The Balaban J connectivity index is 1.92. The Morgan fingerprint density at radius 1 is 1.40 bits per heavy atom. The highest BCUT2D eigenvalue weighted by Crippen LogP contribution is 2.60. The number of rotatable bonds is 1. The van der Waals surface area contributed by atoms with Crippen LogP contribution in [0.15, 0.2) is 0 Å². The minimum atomic E-state index is 0.435. The highest BCUT2D eigenvalue weighted by Gasteiger charge is 2.53. The number of aliphatic hydroxyl groups excluding tert-OH is 1. The summed E-state index contributed by atoms with van der Waals surface area (Å²) < 4.78 is 0. The van der Waals surface area contributed by atoms with E-state index in [9.17, 15) is 0 Å². The Morgan fingerprint density at radius 3 is 2.60 bits per heavy atom. The van der Waals surface area contributed by atoms with Gasteiger partial charge in [0.1, 0.15) is 0 Å². The molecule has 1 atom stereocenters. The maximum Gasteiger partial charge on any atom is 0.0464 e. The van der Waals surface area contributed by atoms with E-state index in [0.29, 0.717) is 17.9 Å². The van der Waals surface area contributed by atoms with Crippen LogP contribution in [-0.4, -0.2) is 23.2 Å². The van der Waals surface area contributed by atoms with Gasteiger partial charge in [0.15, 0.2) is 0 Å². The van der Waals surface area contributed by atoms with Gasteiger partial charge in [-0.3, -0.25) is 0 Å². The van der Waals surface area contributed by atoms with Crippen molar-refractivity contribution in [3.8, 4) is 0 Å². The van der Waals surface area contributed by atoms with Crippen molar-refractivity contribution in [3.63, 3.8) is 0 Å². The van der Waals surface area contributed by atoms with Crippen molar-refractivity contribution < 1.29 is 5.11 Å². The minimum absolute atomic E-state index is 0.435. The molecule has 1 saturated carbocycles. The number of thioether (sulfide) groups is 1. The zero-order valence-electron chi connectivity index (χ0n) is 6.18. The van der Waals surface area contributed by atoms with E-state index in [1.807, 2.05) is 0 Å². The van der Waals surface area contributed by atoms with Gasteiger partial charge in [0.25, 0.3) is 0 Å². The van der Waals surface area contributed by atoms with Crippen LogP contribution >= 0.6 is 11.8 Å². The van der Waals surface area contributed by atoms with Gasteiger partial charge >= 0.3 is 0 Å². The third-order valence-electron chi connectivity index (χ3n) is 3.07. The molecule has 1 N–H and O–H groups in total. The molecule has 58 valence electrons. The Morgan fingerprint density at radius 2 is 2.10 bits per heavy atom. The molecule has 0 aromatic carbocycles. The van der Waals surface area contributed by atoms with Gasteiger partial charge in [-0.25, -0.2) is 0 Å². The van der Waals surface area contributed by atoms with Gasteiger partial charge in [-0.2, -0.15) is 11.8 Å². The van der Waals surface area contributed by atoms with E-state index in [1.165, 1.54) is 30.8 Å². The van der Waals surface area contributed by atoms with Crippen LogP contribution in [0.3, 0.4) is 0 Å². The summed E-state index contributed by atoms with van der Waals surface area (Å²) in [5.74, 6) is 3.33. The summed E-state index contributed by atoms with van der Waals surface area (Å²) in [5, 5.41) is 8.92. The molecule has 2 heteroatoms. The first-order valence-electron chi connectivity index (χ1n) is 4.06. The maximum absolute atomic E-state index is 8.92. The second kappa shape index (κ2) is 2.42. The molecular formula is C8H14OS. The molecule has 1 saturated heterocycles. The van der Waals surface area contributed by atoms with Crippen LogP contribution in [0.4, 0.5) is 0 Å². The molecule has 1 nitrogen and oxygen atoms in total. The van der Waals surface area contributed by atoms with Gasteiger partial charge in [-0.15, -0.1) is 0 Å². The third-order valence-corrected chi connectivity index (χ3v) is 4.05. The van der Waals surface area contributed by atoms with Crippen LogP contribution in [0.1, 0.15) is 19.3 Å². The molecule has 1 heterocycles. The average Bonchev–Trinajstić information content (AvgIpc) is 2.65. The summed E-state index contributed by atoms with van der Waals surface area (Å²) in [6, 6.07) is 0. The van der Waals surface area contributed by atoms with Gasteiger partial charge in [0.05, 0.1) is 0 Å². The van der Waals surface area contributed by atoms with Gasteiger partial charge < -0.3 is 5.11 Å². The number of hydrogen-bond donors (Lipinski definition) is 1. The van der Waals surface area contributed by atoms with Crippen molar-refractivity contribution in [1.29, 1.82) is 0 Å². The van der Waals surface area contributed by atoms with Crippen LogP contribution in [-0.2, 0) is 0 Å². The molecule has 1 aliphatic carbocycles. The summed E-state index contributed by atoms with van der Waals surface area (Å²) >= 11 is 2.07. The summed E-state index contributed by atoms with van der Waals surface area (Å²) in [6.07, 6.45) is 4.04. The molecule has 1 spiro atoms. The van der Waals surface area contributed by atoms with Crippen LogP contribution < -0.4 is 0 Å². The normalized spacial score (nSPS) is 36.3. The zero-order chi connectivity index (χ0) is 7.03. The van der Waals surface area contributed by atoms with Crippen LogP contribution in [0.2, 0.25) is 0 Å². The lowest BCUT2D eigenvalue weighted by Crippen LogP contribution is -2.13. The standard InChI is InChI=1S/C8H14OS/c9-6-7-5-8(7)1-3-10-4-2-8/h7,9H,1-6H2. The van der Waals surface area contributed by atoms with E-state index < -0.39 is 0 Å². The summed E-state index contributed by atoms with van der Waals surface area (Å²) in [6.45, 7) is 0.435. The lowest BCUT2D eigenvalue weighted by molar-refractivity contribution is 0.243. The fraction of sp³-hybridized carbons (Fsp3) is 1.00. The predicted molar refractivity (Wildman–Crippen MR) is 44.2 cm³/mol. The molecule has 0 bridgehead atoms. The Labute approximate surface area is 66.2 Å². The fourth-order valence-corrected chi connectivity index (χ4v) is 3.39. The summed E-state index contributed by atoms with van der Waals surface area (Å²) in [5.41, 5.74) is 0.625. The fourth-order valence-electron chi connectivity index (χ4n) is 2.08. The topological polar surface area (TPSA) is 20.2 Å². The molecule has 1 unspecified atom stereocenters. The average molecular weight is 158 g/mol. The van der Waals surface area contributed by atoms with Crippen molar-refractivity contribution in [2.45, 2.75) is 19.3 Å². The maximum atomic E-state index is 8.92. The third kappa shape index (κ3) is 0.978. The van der Waals surface area contributed by atoms with Crippen molar-refractivity contribution in [2.75, 3.05) is 18.1 Å². The lowest BCUT2D eigenvalue weighted by Gasteiger charge is -2.21. The number of aliphatic hydroxyl groups is 1. The van der Waals surface area contributed by atoms with E-state index in [0.717, 1.165) is 0 Å². The highest BCUT2D eigenvalue weighted by molar-refractivity contribution is 7.99. The largest absolute Gasteiger partial charge is 0.396 e. The molecule has 10 heavy (non-hydrogen) atoms. The van der Waals surface area contributed by atoms with E-state index >= 15 is 0 Å². The molecule has 0 aromatic heterocycles. The van der Waals surface area contributed by atoms with E-state index in [4.69, 9.17) is 5.11 Å². The van der Waals surface area contributed by atoms with Crippen molar-refractivity contribution >= 4 is 11.8 Å². The molecule has 0 amide bonds. The minimum Gasteiger partial charge on any atom is -0.396 e. The molecule has 0 radical (unpaired) electrons. The van der Waals surface area contributed by atoms with Crippen molar-refractivity contribution in [3.05, 3.63) is 0 Å². The van der Waals surface area contributed by atoms with E-state index in [1.54, 1.807) is 0 Å². The molecule has 1 aliphatic heterocycles. The van der Waals surface area contributed by atoms with E-state index in [2.05, 4.69) is 11.8 Å². The number of hydrogen-bond acceptors (Lipinski definition) is 2. The molecule has 2 aliphatic rings. The Kier molecular flexibility index (Phi) is 1.69. The van der Waals surface area contributed by atoms with Crippen LogP contribution in [0.25, 0.3) is 0 Å². The molecule has 2 rings (SSSR count). The van der Waals surface area contributed by atoms with Gasteiger partial charge in [-0.1, -0.05) is 0 Å². The lowest BCUT2D eigenvalue weighted by atomic mass is 9.97. The van der Waals surface area contributed by atoms with Crippen molar-refractivity contribution in [2.24, 2.45) is 11.3 Å². The smallest absolute Gasteiger partial charge is 0.0464 e. The van der Waals surface area contributed by atoms with Gasteiger partial charge in [0.2, 0.25) is 0 Å². The molecule has 2 fully saturated rings. The Bertz CT molecular complexity index is 129. The van der Waals surface area contributed by atoms with Gasteiger partial charge in [0, 0.05) is 6.61 Å². The van der Waals surface area contributed by atoms with Gasteiger partial charge in [-0.05, 0) is 42.1 Å². The first kappa shape index (κ1) is 6.99. The van der Waals surface area contributed by atoms with E-state index in [-0.39, 0.29) is 0 Å². The molecule has 0 aromatic rings.